The Morgan fingerprint density at radius 3 is 0.710 bits per heavy atom. The molecule has 0 rings (SSSR count). The number of carbonyl (C=O) groups is 4. The molecule has 0 saturated carbocycles. The molecule has 0 amide bonds. The average Bonchev–Trinajstić information content (AvgIpc) is 0.926. The first-order valence-electron chi connectivity index (χ1n) is 42.1. The maximum absolute atomic E-state index is 13.1. The van der Waals surface area contributed by atoms with Gasteiger partial charge in [0.1, 0.15) is 19.3 Å². The summed E-state index contributed by atoms with van der Waals surface area (Å²) in [5.74, 6) is -0.390. The van der Waals surface area contributed by atoms with Crippen molar-refractivity contribution in [1.82, 2.24) is 0 Å². The number of phosphoric ester groups is 2. The zero-order valence-corrected chi connectivity index (χ0v) is 67.3. The van der Waals surface area contributed by atoms with E-state index in [1.165, 1.54) is 238 Å². The highest BCUT2D eigenvalue weighted by atomic mass is 31.2. The second-order valence-corrected chi connectivity index (χ2v) is 32.6. The van der Waals surface area contributed by atoms with E-state index in [9.17, 15) is 43.2 Å². The predicted octanol–water partition coefficient (Wildman–Crippen LogP) is 24.3. The topological polar surface area (TPSA) is 237 Å². The Bertz CT molecular complexity index is 1930. The number of rotatable bonds is 80. The smallest absolute Gasteiger partial charge is 0.462 e. The lowest BCUT2D eigenvalue weighted by Gasteiger charge is -2.21. The van der Waals surface area contributed by atoms with Gasteiger partial charge in [0, 0.05) is 25.7 Å². The molecule has 3 N–H and O–H groups in total. The van der Waals surface area contributed by atoms with E-state index in [4.69, 9.17) is 37.0 Å². The van der Waals surface area contributed by atoms with Gasteiger partial charge in [-0.25, -0.2) is 9.13 Å². The molecule has 0 bridgehead atoms. The lowest BCUT2D eigenvalue weighted by atomic mass is 9.99. The monoisotopic (exact) mass is 1470 g/mol. The summed E-state index contributed by atoms with van der Waals surface area (Å²) in [4.78, 5) is 72.9. The zero-order chi connectivity index (χ0) is 73.5. The molecule has 0 aromatic carbocycles. The van der Waals surface area contributed by atoms with Crippen molar-refractivity contribution in [2.45, 2.75) is 445 Å². The molecular weight excluding hydrogens is 1310 g/mol. The molecule has 594 valence electrons. The number of phosphoric acid groups is 2. The molecule has 19 heteroatoms. The molecule has 7 atom stereocenters. The summed E-state index contributed by atoms with van der Waals surface area (Å²) in [5, 5.41) is 10.6. The third kappa shape index (κ3) is 71.7. The minimum Gasteiger partial charge on any atom is -0.462 e. The molecule has 17 nitrogen and oxygen atoms in total. The van der Waals surface area contributed by atoms with Crippen molar-refractivity contribution in [1.29, 1.82) is 0 Å². The Hall–Kier alpha value is -1.94. The molecule has 0 aliphatic carbocycles. The molecular formula is C81H158O17P2. The maximum atomic E-state index is 13.1. The van der Waals surface area contributed by atoms with Crippen molar-refractivity contribution in [2.75, 3.05) is 39.6 Å². The summed E-state index contributed by atoms with van der Waals surface area (Å²) in [6.07, 6.45) is 62.4. The Morgan fingerprint density at radius 1 is 0.280 bits per heavy atom. The van der Waals surface area contributed by atoms with Crippen LogP contribution >= 0.6 is 15.6 Å². The van der Waals surface area contributed by atoms with E-state index in [1.807, 2.05) is 0 Å². The van der Waals surface area contributed by atoms with Gasteiger partial charge >= 0.3 is 39.5 Å². The summed E-state index contributed by atoms with van der Waals surface area (Å²) in [6, 6.07) is 0. The van der Waals surface area contributed by atoms with E-state index in [0.717, 1.165) is 108 Å². The standard InChI is InChI=1S/C81H158O17P2/c1-7-11-13-15-17-19-20-35-41-47-53-59-65-80(85)97-76(69-91-78(83)63-57-51-45-18-16-14-12-8-2)71-95-99(87,88)93-67-75(82)68-94-100(89,90)96-72-77(70-92-79(84)64-58-52-46-40-36-31-28-27-30-34-39-44-50-56-62-74(6)10-4)98-81(86)66-60-54-48-42-37-32-26-24-22-21-23-25-29-33-38-43-49-55-61-73(5)9-3/h73-77,82H,7-72H2,1-6H3,(H,87,88)(H,89,90)/t73?,74?,75-,76+,77+/m0/s1. The number of ether oxygens (including phenoxy) is 4. The van der Waals surface area contributed by atoms with Crippen LogP contribution in [0.3, 0.4) is 0 Å². The van der Waals surface area contributed by atoms with Crippen molar-refractivity contribution in [2.24, 2.45) is 11.8 Å². The number of esters is 4. The molecule has 0 radical (unpaired) electrons. The quantitative estimate of drug-likeness (QED) is 0.0222. The van der Waals surface area contributed by atoms with Crippen LogP contribution in [0, 0.1) is 11.8 Å². The molecule has 0 heterocycles. The Labute approximate surface area is 613 Å². The Morgan fingerprint density at radius 2 is 0.480 bits per heavy atom. The van der Waals surface area contributed by atoms with E-state index in [0.29, 0.717) is 25.7 Å². The summed E-state index contributed by atoms with van der Waals surface area (Å²) >= 11 is 0. The summed E-state index contributed by atoms with van der Waals surface area (Å²) in [7, 11) is -9.91. The van der Waals surface area contributed by atoms with Crippen LogP contribution in [0.1, 0.15) is 427 Å². The fraction of sp³-hybridized carbons (Fsp3) is 0.951. The third-order valence-electron chi connectivity index (χ3n) is 19.7. The molecule has 0 aromatic heterocycles. The van der Waals surface area contributed by atoms with Crippen molar-refractivity contribution in [3.05, 3.63) is 0 Å². The van der Waals surface area contributed by atoms with Crippen LogP contribution in [0.2, 0.25) is 0 Å². The van der Waals surface area contributed by atoms with E-state index < -0.39 is 97.5 Å². The van der Waals surface area contributed by atoms with Gasteiger partial charge in [0.2, 0.25) is 0 Å². The number of aliphatic hydroxyl groups is 1. The highest BCUT2D eigenvalue weighted by molar-refractivity contribution is 7.47. The largest absolute Gasteiger partial charge is 0.472 e. The van der Waals surface area contributed by atoms with Gasteiger partial charge in [-0.15, -0.1) is 0 Å². The fourth-order valence-corrected chi connectivity index (χ4v) is 14.1. The van der Waals surface area contributed by atoms with Crippen LogP contribution in [-0.2, 0) is 65.4 Å². The number of carbonyl (C=O) groups excluding carboxylic acids is 4. The van der Waals surface area contributed by atoms with Crippen molar-refractivity contribution < 1.29 is 80.2 Å². The first-order valence-corrected chi connectivity index (χ1v) is 45.1. The van der Waals surface area contributed by atoms with Crippen molar-refractivity contribution in [3.8, 4) is 0 Å². The normalized spacial score (nSPS) is 14.4. The van der Waals surface area contributed by atoms with Crippen LogP contribution in [0.4, 0.5) is 0 Å². The number of hydrogen-bond donors (Lipinski definition) is 3. The molecule has 100 heavy (non-hydrogen) atoms. The van der Waals surface area contributed by atoms with Crippen molar-refractivity contribution >= 4 is 39.5 Å². The zero-order valence-electron chi connectivity index (χ0n) is 65.5. The van der Waals surface area contributed by atoms with E-state index in [-0.39, 0.29) is 25.7 Å². The van der Waals surface area contributed by atoms with E-state index >= 15 is 0 Å². The molecule has 0 aromatic rings. The number of unbranched alkanes of at least 4 members (excludes halogenated alkanes) is 48. The molecule has 0 spiro atoms. The van der Waals surface area contributed by atoms with Crippen molar-refractivity contribution in [3.63, 3.8) is 0 Å². The molecule has 4 unspecified atom stereocenters. The molecule has 0 saturated heterocycles. The number of aliphatic hydroxyl groups excluding tert-OH is 1. The number of hydrogen-bond acceptors (Lipinski definition) is 15. The minimum absolute atomic E-state index is 0.107. The van der Waals surface area contributed by atoms with Gasteiger partial charge in [-0.3, -0.25) is 37.3 Å². The highest BCUT2D eigenvalue weighted by Gasteiger charge is 2.30. The SMILES string of the molecule is CCCCCCCCCCCCCCC(=O)O[C@H](COC(=O)CCCCCCCCCC)COP(=O)(O)OC[C@H](O)COP(=O)(O)OC[C@@H](COC(=O)CCCCCCCCCCCCCCCCC(C)CC)OC(=O)CCCCCCCCCCCCCCCCCCCCC(C)CC. The van der Waals surface area contributed by atoms with Crippen LogP contribution in [-0.4, -0.2) is 96.7 Å². The van der Waals surface area contributed by atoms with Crippen LogP contribution in [0.5, 0.6) is 0 Å². The second-order valence-electron chi connectivity index (χ2n) is 29.6. The van der Waals surface area contributed by atoms with Crippen LogP contribution in [0.15, 0.2) is 0 Å². The van der Waals surface area contributed by atoms with Gasteiger partial charge in [-0.2, -0.15) is 0 Å². The van der Waals surface area contributed by atoms with Gasteiger partial charge in [0.15, 0.2) is 12.2 Å². The van der Waals surface area contributed by atoms with Crippen LogP contribution in [0.25, 0.3) is 0 Å². The minimum atomic E-state index is -4.96. The maximum Gasteiger partial charge on any atom is 0.472 e. The van der Waals surface area contributed by atoms with Gasteiger partial charge in [-0.05, 0) is 37.5 Å². The Balaban J connectivity index is 5.18. The Kier molecular flexibility index (Phi) is 71.2. The molecule has 0 aliphatic rings. The van der Waals surface area contributed by atoms with E-state index in [2.05, 4.69) is 41.5 Å². The predicted molar refractivity (Wildman–Crippen MR) is 409 cm³/mol. The highest BCUT2D eigenvalue weighted by Crippen LogP contribution is 2.45. The second kappa shape index (κ2) is 72.6. The molecule has 0 aliphatic heterocycles. The summed E-state index contributed by atoms with van der Waals surface area (Å²) < 4.78 is 68.6. The van der Waals surface area contributed by atoms with Gasteiger partial charge in [0.05, 0.1) is 26.4 Å². The van der Waals surface area contributed by atoms with Gasteiger partial charge in [-0.1, -0.05) is 375 Å². The fourth-order valence-electron chi connectivity index (χ4n) is 12.5. The summed E-state index contributed by atoms with van der Waals surface area (Å²) in [5.41, 5.74) is 0. The van der Waals surface area contributed by atoms with Gasteiger partial charge in [0.25, 0.3) is 0 Å². The van der Waals surface area contributed by atoms with Gasteiger partial charge < -0.3 is 33.8 Å². The molecule has 0 fully saturated rings. The first-order chi connectivity index (χ1) is 48.4. The summed E-state index contributed by atoms with van der Waals surface area (Å²) in [6.45, 7) is 9.73. The third-order valence-corrected chi connectivity index (χ3v) is 21.6. The van der Waals surface area contributed by atoms with E-state index in [1.54, 1.807) is 0 Å². The van der Waals surface area contributed by atoms with Crippen LogP contribution < -0.4 is 0 Å². The first kappa shape index (κ1) is 98.1. The average molecular weight is 1470 g/mol. The lowest BCUT2D eigenvalue weighted by Crippen LogP contribution is -2.30. The lowest BCUT2D eigenvalue weighted by molar-refractivity contribution is -0.161.